The minimum atomic E-state index is -0.107. The molecule has 5 nitrogen and oxygen atoms in total. The molecule has 0 saturated heterocycles. The second kappa shape index (κ2) is 4.91. The summed E-state index contributed by atoms with van der Waals surface area (Å²) in [6.07, 6.45) is 1.40. The summed E-state index contributed by atoms with van der Waals surface area (Å²) in [6, 6.07) is 5.26. The summed E-state index contributed by atoms with van der Waals surface area (Å²) in [7, 11) is 3.12. The number of rotatable bonds is 4. The van der Waals surface area contributed by atoms with Gasteiger partial charge >= 0.3 is 0 Å². The minimum absolute atomic E-state index is 0.107. The number of nitrogens with zero attached hydrogens (tertiary/aromatic N) is 1. The maximum atomic E-state index is 11.5. The van der Waals surface area contributed by atoms with Crippen LogP contribution in [0.4, 0.5) is 0 Å². The summed E-state index contributed by atoms with van der Waals surface area (Å²) < 4.78 is 15.5. The summed E-state index contributed by atoms with van der Waals surface area (Å²) in [5, 5.41) is 3.66. The van der Waals surface area contributed by atoms with E-state index >= 15 is 0 Å². The summed E-state index contributed by atoms with van der Waals surface area (Å²) in [5.41, 5.74) is 1.10. The van der Waals surface area contributed by atoms with Gasteiger partial charge in [0.05, 0.1) is 31.5 Å². The lowest BCUT2D eigenvalue weighted by atomic mass is 10.1. The van der Waals surface area contributed by atoms with Crippen molar-refractivity contribution < 1.29 is 18.8 Å². The van der Waals surface area contributed by atoms with Gasteiger partial charge in [0.2, 0.25) is 0 Å². The van der Waals surface area contributed by atoms with Crippen molar-refractivity contribution in [1.82, 2.24) is 5.16 Å². The summed E-state index contributed by atoms with van der Waals surface area (Å²) >= 11 is 0. The Morgan fingerprint density at radius 3 is 2.67 bits per heavy atom. The van der Waals surface area contributed by atoms with Crippen LogP contribution in [0.15, 0.2) is 28.9 Å². The van der Waals surface area contributed by atoms with Gasteiger partial charge in [0, 0.05) is 6.07 Å². The Morgan fingerprint density at radius 1 is 1.28 bits per heavy atom. The Bertz CT molecular complexity index is 574. The number of carbonyl (C=O) groups is 1. The standard InChI is InChI=1S/C13H13NO4/c1-8(15)11-7-14-18-13(11)10-5-4-9(16-2)6-12(10)17-3/h4-7H,1-3H3. The molecule has 0 unspecified atom stereocenters. The van der Waals surface area contributed by atoms with E-state index in [2.05, 4.69) is 5.16 Å². The topological polar surface area (TPSA) is 61.6 Å². The molecule has 94 valence electrons. The number of Topliss-reactive ketones (excluding diaryl/α,β-unsaturated/α-hetero) is 1. The molecule has 0 atom stereocenters. The van der Waals surface area contributed by atoms with Crippen molar-refractivity contribution in [3.63, 3.8) is 0 Å². The number of hydrogen-bond acceptors (Lipinski definition) is 5. The molecule has 1 aromatic carbocycles. The molecule has 0 fully saturated rings. The zero-order chi connectivity index (χ0) is 13.1. The molecule has 0 bridgehead atoms. The lowest BCUT2D eigenvalue weighted by Crippen LogP contribution is -1.95. The molecule has 5 heteroatoms. The van der Waals surface area contributed by atoms with E-state index in [1.165, 1.54) is 13.1 Å². The van der Waals surface area contributed by atoms with Gasteiger partial charge in [0.15, 0.2) is 11.5 Å². The first-order valence-electron chi connectivity index (χ1n) is 5.35. The van der Waals surface area contributed by atoms with E-state index in [9.17, 15) is 4.79 Å². The molecule has 18 heavy (non-hydrogen) atoms. The fourth-order valence-corrected chi connectivity index (χ4v) is 1.67. The molecule has 0 amide bonds. The number of ether oxygens (including phenoxy) is 2. The third-order valence-electron chi connectivity index (χ3n) is 2.60. The van der Waals surface area contributed by atoms with Crippen molar-refractivity contribution in [2.24, 2.45) is 0 Å². The Hall–Kier alpha value is -2.30. The first-order chi connectivity index (χ1) is 8.67. The van der Waals surface area contributed by atoms with Crippen molar-refractivity contribution in [2.75, 3.05) is 14.2 Å². The molecule has 0 N–H and O–H groups in total. The Morgan fingerprint density at radius 2 is 2.06 bits per heavy atom. The van der Waals surface area contributed by atoms with Crippen LogP contribution in [0.25, 0.3) is 11.3 Å². The normalized spacial score (nSPS) is 10.2. The number of hydrogen-bond donors (Lipinski definition) is 0. The summed E-state index contributed by atoms with van der Waals surface area (Å²) in [4.78, 5) is 11.5. The van der Waals surface area contributed by atoms with Crippen LogP contribution < -0.4 is 9.47 Å². The van der Waals surface area contributed by atoms with Gasteiger partial charge in [-0.25, -0.2) is 0 Å². The number of ketones is 1. The molecule has 0 saturated carbocycles. The van der Waals surface area contributed by atoms with Crippen molar-refractivity contribution in [1.29, 1.82) is 0 Å². The van der Waals surface area contributed by atoms with Crippen LogP contribution in [0.1, 0.15) is 17.3 Å². The van der Waals surface area contributed by atoms with E-state index in [1.54, 1.807) is 32.4 Å². The smallest absolute Gasteiger partial charge is 0.181 e. The third kappa shape index (κ3) is 2.07. The zero-order valence-electron chi connectivity index (χ0n) is 10.4. The van der Waals surface area contributed by atoms with Crippen LogP contribution in [-0.4, -0.2) is 25.2 Å². The van der Waals surface area contributed by atoms with Gasteiger partial charge in [0.1, 0.15) is 11.5 Å². The highest BCUT2D eigenvalue weighted by Crippen LogP contribution is 2.35. The number of aromatic nitrogens is 1. The highest BCUT2D eigenvalue weighted by Gasteiger charge is 2.18. The van der Waals surface area contributed by atoms with Crippen molar-refractivity contribution in [3.05, 3.63) is 30.0 Å². The lowest BCUT2D eigenvalue weighted by Gasteiger charge is -2.08. The van der Waals surface area contributed by atoms with Gasteiger partial charge in [-0.1, -0.05) is 5.16 Å². The highest BCUT2D eigenvalue weighted by atomic mass is 16.5. The Kier molecular flexibility index (Phi) is 3.32. The molecule has 0 aliphatic heterocycles. The second-order valence-corrected chi connectivity index (χ2v) is 3.69. The van der Waals surface area contributed by atoms with Crippen LogP contribution in [0.3, 0.4) is 0 Å². The van der Waals surface area contributed by atoms with Gasteiger partial charge in [-0.15, -0.1) is 0 Å². The fourth-order valence-electron chi connectivity index (χ4n) is 1.67. The van der Waals surface area contributed by atoms with Gasteiger partial charge in [0.25, 0.3) is 0 Å². The molecule has 2 rings (SSSR count). The SMILES string of the molecule is COc1ccc(-c2oncc2C(C)=O)c(OC)c1. The predicted molar refractivity (Wildman–Crippen MR) is 65.0 cm³/mol. The summed E-state index contributed by atoms with van der Waals surface area (Å²) in [5.74, 6) is 1.53. The van der Waals surface area contributed by atoms with E-state index in [4.69, 9.17) is 14.0 Å². The molecule has 1 heterocycles. The van der Waals surface area contributed by atoms with Crippen LogP contribution in [-0.2, 0) is 0 Å². The Labute approximate surface area is 104 Å². The highest BCUT2D eigenvalue weighted by molar-refractivity contribution is 5.99. The van der Waals surface area contributed by atoms with Gasteiger partial charge in [-0.05, 0) is 19.1 Å². The van der Waals surface area contributed by atoms with Crippen LogP contribution in [0.5, 0.6) is 11.5 Å². The van der Waals surface area contributed by atoms with Gasteiger partial charge < -0.3 is 14.0 Å². The van der Waals surface area contributed by atoms with E-state index in [0.29, 0.717) is 28.4 Å². The molecular weight excluding hydrogens is 234 g/mol. The van der Waals surface area contributed by atoms with Crippen molar-refractivity contribution in [2.45, 2.75) is 6.92 Å². The zero-order valence-corrected chi connectivity index (χ0v) is 10.4. The molecule has 0 aliphatic rings. The quantitative estimate of drug-likeness (QED) is 0.777. The number of benzene rings is 1. The number of carbonyl (C=O) groups excluding carboxylic acids is 1. The van der Waals surface area contributed by atoms with Crippen LogP contribution in [0.2, 0.25) is 0 Å². The van der Waals surface area contributed by atoms with Crippen LogP contribution in [0, 0.1) is 0 Å². The second-order valence-electron chi connectivity index (χ2n) is 3.69. The Balaban J connectivity index is 2.56. The first-order valence-corrected chi connectivity index (χ1v) is 5.35. The van der Waals surface area contributed by atoms with E-state index < -0.39 is 0 Å². The first kappa shape index (κ1) is 12.2. The average Bonchev–Trinajstić information content (AvgIpc) is 2.87. The molecule has 1 aromatic heterocycles. The molecular formula is C13H13NO4. The molecule has 0 radical (unpaired) electrons. The van der Waals surface area contributed by atoms with Crippen LogP contribution >= 0.6 is 0 Å². The lowest BCUT2D eigenvalue weighted by molar-refractivity contribution is 0.101. The minimum Gasteiger partial charge on any atom is -0.497 e. The maximum Gasteiger partial charge on any atom is 0.181 e. The summed E-state index contributed by atoms with van der Waals surface area (Å²) in [6.45, 7) is 1.46. The van der Waals surface area contributed by atoms with Crippen molar-refractivity contribution in [3.8, 4) is 22.8 Å². The molecule has 0 spiro atoms. The predicted octanol–water partition coefficient (Wildman–Crippen LogP) is 2.56. The largest absolute Gasteiger partial charge is 0.497 e. The van der Waals surface area contributed by atoms with Crippen molar-refractivity contribution >= 4 is 5.78 Å². The van der Waals surface area contributed by atoms with Gasteiger partial charge in [-0.2, -0.15) is 0 Å². The van der Waals surface area contributed by atoms with Gasteiger partial charge in [-0.3, -0.25) is 4.79 Å². The average molecular weight is 247 g/mol. The number of methoxy groups -OCH3 is 2. The van der Waals surface area contributed by atoms with E-state index in [-0.39, 0.29) is 5.78 Å². The fraction of sp³-hybridized carbons (Fsp3) is 0.231. The maximum absolute atomic E-state index is 11.5. The molecule has 2 aromatic rings. The monoisotopic (exact) mass is 247 g/mol. The molecule has 0 aliphatic carbocycles. The van der Waals surface area contributed by atoms with E-state index in [1.807, 2.05) is 0 Å². The van der Waals surface area contributed by atoms with E-state index in [0.717, 1.165) is 0 Å². The third-order valence-corrected chi connectivity index (χ3v) is 2.60.